The van der Waals surface area contributed by atoms with Gasteiger partial charge in [0.25, 0.3) is 0 Å². The second kappa shape index (κ2) is 3.85. The third kappa shape index (κ3) is 1.93. The molecule has 66 valence electrons. The van der Waals surface area contributed by atoms with E-state index in [2.05, 4.69) is 0 Å². The van der Waals surface area contributed by atoms with E-state index in [0.29, 0.717) is 5.32 Å². The predicted molar refractivity (Wildman–Crippen MR) is 39.4 cm³/mol. The first kappa shape index (κ1) is 9.45. The normalized spacial score (nSPS) is 45.8. The Morgan fingerprint density at radius 2 is 1.82 bits per heavy atom. The van der Waals surface area contributed by atoms with Crippen LogP contribution in [0.2, 0.25) is 10.1 Å². The number of aliphatic hydroxyl groups is 4. The van der Waals surface area contributed by atoms with Crippen LogP contribution in [0.1, 0.15) is 0 Å². The summed E-state index contributed by atoms with van der Waals surface area (Å²) < 4.78 is 0. The summed E-state index contributed by atoms with van der Waals surface area (Å²) >= 11 is 0.0345. The Labute approximate surface area is 71.0 Å². The van der Waals surface area contributed by atoms with Gasteiger partial charge in [-0.2, -0.15) is 0 Å². The molecule has 0 aliphatic carbocycles. The van der Waals surface area contributed by atoms with Gasteiger partial charge in [-0.1, -0.05) is 0 Å². The summed E-state index contributed by atoms with van der Waals surface area (Å²) in [5.41, 5.74) is 0. The molecule has 4 atom stereocenters. The van der Waals surface area contributed by atoms with E-state index >= 15 is 0 Å². The number of aliphatic hydroxyl groups excluding tert-OH is 4. The fraction of sp³-hybridized carbons (Fsp3) is 1.00. The molecule has 0 aromatic heterocycles. The van der Waals surface area contributed by atoms with Crippen LogP contribution in [0, 0.1) is 0 Å². The van der Waals surface area contributed by atoms with Crippen LogP contribution in [0.25, 0.3) is 0 Å². The third-order valence-electron chi connectivity index (χ3n) is 1.79. The van der Waals surface area contributed by atoms with Crippen LogP contribution >= 0.6 is 0 Å². The van der Waals surface area contributed by atoms with Crippen molar-refractivity contribution < 1.29 is 20.4 Å². The molecule has 0 saturated carbocycles. The second-order valence-corrected chi connectivity index (χ2v) is 5.27. The summed E-state index contributed by atoms with van der Waals surface area (Å²) in [7, 11) is 0. The summed E-state index contributed by atoms with van der Waals surface area (Å²) in [6.07, 6.45) is -2.85. The molecule has 0 amide bonds. The Kier molecular flexibility index (Phi) is 3.30. The van der Waals surface area contributed by atoms with Crippen molar-refractivity contribution in [1.29, 1.82) is 0 Å². The van der Waals surface area contributed by atoms with Gasteiger partial charge in [0.2, 0.25) is 0 Å². The fourth-order valence-corrected chi connectivity index (χ4v) is 3.35. The van der Waals surface area contributed by atoms with E-state index in [1.807, 2.05) is 0 Å². The van der Waals surface area contributed by atoms with E-state index in [9.17, 15) is 5.11 Å². The van der Waals surface area contributed by atoms with Gasteiger partial charge in [0.15, 0.2) is 0 Å². The molecule has 11 heavy (non-hydrogen) atoms. The Bertz CT molecular complexity index is 130. The summed E-state index contributed by atoms with van der Waals surface area (Å²) in [5, 5.41) is 36.7. The van der Waals surface area contributed by atoms with Gasteiger partial charge >= 0.3 is 70.4 Å². The molecule has 1 rings (SSSR count). The Morgan fingerprint density at radius 3 is 2.36 bits per heavy atom. The van der Waals surface area contributed by atoms with Crippen LogP contribution in [0.15, 0.2) is 0 Å². The van der Waals surface area contributed by atoms with Gasteiger partial charge in [0, 0.05) is 0 Å². The molecule has 1 saturated heterocycles. The van der Waals surface area contributed by atoms with E-state index in [4.69, 9.17) is 15.3 Å². The average molecular weight is 227 g/mol. The van der Waals surface area contributed by atoms with Crippen LogP contribution in [0.5, 0.6) is 0 Å². The van der Waals surface area contributed by atoms with Gasteiger partial charge in [-0.05, 0) is 0 Å². The zero-order valence-electron chi connectivity index (χ0n) is 5.92. The second-order valence-electron chi connectivity index (χ2n) is 2.60. The third-order valence-corrected chi connectivity index (χ3v) is 4.70. The first-order chi connectivity index (χ1) is 5.16. The molecule has 1 aliphatic rings. The van der Waals surface area contributed by atoms with Crippen molar-refractivity contribution in [3.8, 4) is 0 Å². The van der Waals surface area contributed by atoms with Gasteiger partial charge in [-0.3, -0.25) is 0 Å². The monoisotopic (exact) mass is 228 g/mol. The number of hydrogen-bond donors (Lipinski definition) is 4. The van der Waals surface area contributed by atoms with E-state index in [1.165, 1.54) is 0 Å². The molecule has 0 unspecified atom stereocenters. The molecule has 1 fully saturated rings. The van der Waals surface area contributed by atoms with Crippen molar-refractivity contribution in [2.75, 3.05) is 6.61 Å². The van der Waals surface area contributed by atoms with Crippen LogP contribution < -0.4 is 0 Å². The zero-order valence-corrected chi connectivity index (χ0v) is 7.63. The van der Waals surface area contributed by atoms with E-state index in [0.717, 1.165) is 0 Å². The van der Waals surface area contributed by atoms with E-state index < -0.39 is 18.3 Å². The zero-order chi connectivity index (χ0) is 8.43. The molecule has 0 spiro atoms. The van der Waals surface area contributed by atoms with Crippen LogP contribution in [0.4, 0.5) is 0 Å². The topological polar surface area (TPSA) is 80.9 Å². The molecule has 5 heteroatoms. The van der Waals surface area contributed by atoms with Crippen LogP contribution in [0.3, 0.4) is 0 Å². The molecule has 0 aromatic carbocycles. The Morgan fingerprint density at radius 1 is 1.18 bits per heavy atom. The van der Waals surface area contributed by atoms with Crippen molar-refractivity contribution in [3.05, 3.63) is 0 Å². The fourth-order valence-electron chi connectivity index (χ4n) is 1.03. The first-order valence-electron chi connectivity index (χ1n) is 3.43. The first-order valence-corrected chi connectivity index (χ1v) is 5.63. The van der Waals surface area contributed by atoms with Gasteiger partial charge in [0.1, 0.15) is 0 Å². The van der Waals surface area contributed by atoms with Crippen LogP contribution in [-0.2, 0) is 0 Å². The van der Waals surface area contributed by atoms with E-state index in [1.54, 1.807) is 0 Å². The SMILES string of the molecule is OC[C@H]1[Se]C[C@@H](O)[C@@H](O)[C@H]1O. The molecule has 4 N–H and O–H groups in total. The minimum atomic E-state index is -1.08. The van der Waals surface area contributed by atoms with Gasteiger partial charge in [-0.25, -0.2) is 0 Å². The minimum absolute atomic E-state index is 0.0345. The van der Waals surface area contributed by atoms with Crippen molar-refractivity contribution in [2.24, 2.45) is 0 Å². The van der Waals surface area contributed by atoms with Gasteiger partial charge in [0.05, 0.1) is 0 Å². The summed E-state index contributed by atoms with van der Waals surface area (Å²) in [4.78, 5) is -0.221. The molecule has 0 bridgehead atoms. The van der Waals surface area contributed by atoms with Crippen molar-refractivity contribution in [1.82, 2.24) is 0 Å². The average Bonchev–Trinajstić information content (AvgIpc) is 2.01. The molecule has 0 aromatic rings. The standard InChI is InChI=1S/C6H12O4Se/c7-1-4-6(10)5(9)3(8)2-11-4/h3-10H,1-2H2/t3-,4-,5-,6+/m1/s1. The molecular formula is C6H12O4Se. The summed E-state index contributed by atoms with van der Waals surface area (Å²) in [6, 6.07) is 0. The Hall–Kier alpha value is 0.359. The maximum atomic E-state index is 9.25. The predicted octanol–water partition coefficient (Wildman–Crippen LogP) is -2.01. The molecule has 1 heterocycles. The Balaban J connectivity index is 2.52. The molecular weight excluding hydrogens is 215 g/mol. The van der Waals surface area contributed by atoms with Crippen molar-refractivity contribution in [3.63, 3.8) is 0 Å². The maximum absolute atomic E-state index is 9.25. The molecule has 0 radical (unpaired) electrons. The van der Waals surface area contributed by atoms with Gasteiger partial charge in [-0.15, -0.1) is 0 Å². The van der Waals surface area contributed by atoms with Crippen LogP contribution in [-0.4, -0.2) is 60.3 Å². The molecule has 1 aliphatic heterocycles. The van der Waals surface area contributed by atoms with E-state index in [-0.39, 0.29) is 26.4 Å². The molecule has 4 nitrogen and oxygen atoms in total. The summed E-state index contributed by atoms with van der Waals surface area (Å²) in [6.45, 7) is -0.106. The van der Waals surface area contributed by atoms with Gasteiger partial charge < -0.3 is 0 Å². The number of hydrogen-bond acceptors (Lipinski definition) is 4. The quantitative estimate of drug-likeness (QED) is 0.390. The summed E-state index contributed by atoms with van der Waals surface area (Å²) in [5.74, 6) is 0. The van der Waals surface area contributed by atoms with Crippen molar-refractivity contribution >= 4 is 15.0 Å². The van der Waals surface area contributed by atoms with Crippen molar-refractivity contribution in [2.45, 2.75) is 28.4 Å². The number of rotatable bonds is 1.